The van der Waals surface area contributed by atoms with Crippen LogP contribution >= 0.6 is 0 Å². The van der Waals surface area contributed by atoms with E-state index in [0.29, 0.717) is 18.8 Å². The topological polar surface area (TPSA) is 43.6 Å². The van der Waals surface area contributed by atoms with Crippen molar-refractivity contribution in [2.75, 3.05) is 14.2 Å². The third-order valence-corrected chi connectivity index (χ3v) is 3.78. The Morgan fingerprint density at radius 2 is 2.16 bits per heavy atom. The van der Waals surface area contributed by atoms with Crippen LogP contribution in [0.5, 0.6) is 0 Å². The lowest BCUT2D eigenvalue weighted by molar-refractivity contribution is -0.0407. The minimum absolute atomic E-state index is 0.303. The summed E-state index contributed by atoms with van der Waals surface area (Å²) in [6.07, 6.45) is 5.13. The molecule has 4 heteroatoms. The van der Waals surface area contributed by atoms with Crippen molar-refractivity contribution in [1.29, 1.82) is 0 Å². The number of rotatable bonds is 6. The Morgan fingerprint density at radius 3 is 2.89 bits per heavy atom. The van der Waals surface area contributed by atoms with E-state index in [1.165, 1.54) is 12.0 Å². The molecule has 0 radical (unpaired) electrons. The van der Waals surface area contributed by atoms with Crippen molar-refractivity contribution in [1.82, 2.24) is 5.32 Å². The molecule has 4 nitrogen and oxygen atoms in total. The molecule has 0 bridgehead atoms. The molecule has 0 spiro atoms. The largest absolute Gasteiger partial charge is 0.462 e. The molecule has 19 heavy (non-hydrogen) atoms. The molecular weight excluding hydrogens is 242 g/mol. The Bertz CT molecular complexity index is 389. The first-order valence-corrected chi connectivity index (χ1v) is 7.10. The van der Waals surface area contributed by atoms with Crippen molar-refractivity contribution in [3.63, 3.8) is 0 Å². The predicted molar refractivity (Wildman–Crippen MR) is 74.1 cm³/mol. The Kier molecular flexibility index (Phi) is 5.43. The number of methoxy groups -OCH3 is 1. The molecule has 0 aliphatic heterocycles. The fourth-order valence-corrected chi connectivity index (χ4v) is 2.66. The molecule has 2 rings (SSSR count). The molecule has 0 aromatic carbocycles. The van der Waals surface area contributed by atoms with Crippen LogP contribution in [0.25, 0.3) is 0 Å². The summed E-state index contributed by atoms with van der Waals surface area (Å²) in [7, 11) is 3.71. The van der Waals surface area contributed by atoms with E-state index in [-0.39, 0.29) is 0 Å². The summed E-state index contributed by atoms with van der Waals surface area (Å²) in [5.41, 5.74) is 1.19. The quantitative estimate of drug-likeness (QED) is 0.860. The molecular formula is C15H25NO3. The number of hydrogen-bond donors (Lipinski definition) is 1. The SMILES string of the molecule is CNCc1oc(COC2CCCC(OC)C2)cc1C. The normalized spacial score (nSPS) is 23.7. The Morgan fingerprint density at radius 1 is 1.37 bits per heavy atom. The zero-order valence-electron chi connectivity index (χ0n) is 12.2. The summed E-state index contributed by atoms with van der Waals surface area (Å²) in [4.78, 5) is 0. The van der Waals surface area contributed by atoms with E-state index in [0.717, 1.165) is 37.3 Å². The van der Waals surface area contributed by atoms with E-state index in [1.54, 1.807) is 7.11 Å². The molecule has 1 aliphatic rings. The van der Waals surface area contributed by atoms with Crippen LogP contribution in [0.4, 0.5) is 0 Å². The average Bonchev–Trinajstić information content (AvgIpc) is 2.78. The van der Waals surface area contributed by atoms with E-state index >= 15 is 0 Å². The highest BCUT2D eigenvalue weighted by molar-refractivity contribution is 5.19. The first kappa shape index (κ1) is 14.6. The van der Waals surface area contributed by atoms with E-state index < -0.39 is 0 Å². The van der Waals surface area contributed by atoms with Gasteiger partial charge in [0.1, 0.15) is 18.1 Å². The van der Waals surface area contributed by atoms with E-state index in [2.05, 4.69) is 18.3 Å². The first-order chi connectivity index (χ1) is 9.22. The first-order valence-electron chi connectivity index (χ1n) is 7.10. The maximum absolute atomic E-state index is 5.95. The van der Waals surface area contributed by atoms with Gasteiger partial charge in [0.25, 0.3) is 0 Å². The molecule has 0 saturated heterocycles. The third kappa shape index (κ3) is 4.06. The Labute approximate surface area is 115 Å². The molecule has 1 N–H and O–H groups in total. The van der Waals surface area contributed by atoms with Gasteiger partial charge in [-0.05, 0) is 51.3 Å². The lowest BCUT2D eigenvalue weighted by Gasteiger charge is -2.27. The van der Waals surface area contributed by atoms with Gasteiger partial charge in [-0.1, -0.05) is 0 Å². The zero-order chi connectivity index (χ0) is 13.7. The minimum atomic E-state index is 0.303. The molecule has 2 unspecified atom stereocenters. The standard InChI is InChI=1S/C15H25NO3/c1-11-7-14(19-15(11)9-16-2)10-18-13-6-4-5-12(8-13)17-3/h7,12-13,16H,4-6,8-10H2,1-3H3. The summed E-state index contributed by atoms with van der Waals surface area (Å²) in [5, 5.41) is 3.11. The Balaban J connectivity index is 1.83. The zero-order valence-corrected chi connectivity index (χ0v) is 12.2. The van der Waals surface area contributed by atoms with Gasteiger partial charge in [0.2, 0.25) is 0 Å². The molecule has 108 valence electrons. The van der Waals surface area contributed by atoms with Crippen molar-refractivity contribution in [3.05, 3.63) is 23.2 Å². The van der Waals surface area contributed by atoms with E-state index in [9.17, 15) is 0 Å². The van der Waals surface area contributed by atoms with Gasteiger partial charge in [-0.15, -0.1) is 0 Å². The molecule has 1 aromatic rings. The van der Waals surface area contributed by atoms with Crippen LogP contribution in [0, 0.1) is 6.92 Å². The van der Waals surface area contributed by atoms with Gasteiger partial charge in [-0.2, -0.15) is 0 Å². The summed E-state index contributed by atoms with van der Waals surface area (Å²) >= 11 is 0. The summed E-state index contributed by atoms with van der Waals surface area (Å²) in [6, 6.07) is 2.07. The van der Waals surface area contributed by atoms with Crippen molar-refractivity contribution in [2.24, 2.45) is 0 Å². The van der Waals surface area contributed by atoms with Crippen molar-refractivity contribution in [2.45, 2.75) is 58.0 Å². The van der Waals surface area contributed by atoms with Gasteiger partial charge in [-0.3, -0.25) is 0 Å². The van der Waals surface area contributed by atoms with Gasteiger partial charge in [-0.25, -0.2) is 0 Å². The van der Waals surface area contributed by atoms with Crippen LogP contribution in [0.3, 0.4) is 0 Å². The predicted octanol–water partition coefficient (Wildman–Crippen LogP) is 2.78. The lowest BCUT2D eigenvalue weighted by atomic mass is 9.95. The molecule has 1 aromatic heterocycles. The van der Waals surface area contributed by atoms with Gasteiger partial charge < -0.3 is 19.2 Å². The molecule has 2 atom stereocenters. The highest BCUT2D eigenvalue weighted by Gasteiger charge is 2.22. The highest BCUT2D eigenvalue weighted by atomic mass is 16.5. The molecule has 1 heterocycles. The van der Waals surface area contributed by atoms with Crippen molar-refractivity contribution in [3.8, 4) is 0 Å². The fourth-order valence-electron chi connectivity index (χ4n) is 2.66. The Hall–Kier alpha value is -0.840. The monoisotopic (exact) mass is 267 g/mol. The number of ether oxygens (including phenoxy) is 2. The number of aryl methyl sites for hydroxylation is 1. The lowest BCUT2D eigenvalue weighted by Crippen LogP contribution is -2.27. The van der Waals surface area contributed by atoms with Gasteiger partial charge in [0.05, 0.1) is 18.8 Å². The van der Waals surface area contributed by atoms with Gasteiger partial charge >= 0.3 is 0 Å². The second-order valence-electron chi connectivity index (χ2n) is 5.31. The summed E-state index contributed by atoms with van der Waals surface area (Å²) in [6.45, 7) is 3.40. The van der Waals surface area contributed by atoms with E-state index in [1.807, 2.05) is 7.05 Å². The number of hydrogen-bond acceptors (Lipinski definition) is 4. The molecule has 1 aliphatic carbocycles. The minimum Gasteiger partial charge on any atom is -0.462 e. The second kappa shape index (κ2) is 7.08. The molecule has 1 fully saturated rings. The van der Waals surface area contributed by atoms with Gasteiger partial charge in [0, 0.05) is 7.11 Å². The van der Waals surface area contributed by atoms with Crippen LogP contribution in [0.15, 0.2) is 10.5 Å². The van der Waals surface area contributed by atoms with Crippen LogP contribution in [-0.4, -0.2) is 26.4 Å². The maximum atomic E-state index is 5.95. The maximum Gasteiger partial charge on any atom is 0.130 e. The van der Waals surface area contributed by atoms with Crippen LogP contribution in [0.2, 0.25) is 0 Å². The average molecular weight is 267 g/mol. The summed E-state index contributed by atoms with van der Waals surface area (Å²) < 4.78 is 17.2. The fraction of sp³-hybridized carbons (Fsp3) is 0.733. The van der Waals surface area contributed by atoms with Crippen LogP contribution in [0.1, 0.15) is 42.8 Å². The van der Waals surface area contributed by atoms with Crippen molar-refractivity contribution >= 4 is 0 Å². The third-order valence-electron chi connectivity index (χ3n) is 3.78. The number of nitrogens with one attached hydrogen (secondary N) is 1. The van der Waals surface area contributed by atoms with Crippen LogP contribution in [-0.2, 0) is 22.6 Å². The smallest absolute Gasteiger partial charge is 0.130 e. The molecule has 0 amide bonds. The molecule has 1 saturated carbocycles. The van der Waals surface area contributed by atoms with Gasteiger partial charge in [0.15, 0.2) is 0 Å². The van der Waals surface area contributed by atoms with Crippen LogP contribution < -0.4 is 5.32 Å². The van der Waals surface area contributed by atoms with E-state index in [4.69, 9.17) is 13.9 Å². The highest BCUT2D eigenvalue weighted by Crippen LogP contribution is 2.24. The number of furan rings is 1. The summed E-state index contributed by atoms with van der Waals surface area (Å²) in [5.74, 6) is 1.92. The second-order valence-corrected chi connectivity index (χ2v) is 5.31. The van der Waals surface area contributed by atoms with Crippen molar-refractivity contribution < 1.29 is 13.9 Å².